The molecule has 37 heavy (non-hydrogen) atoms. The minimum Gasteiger partial charge on any atom is -0.550 e. The molecule has 0 aliphatic rings. The molecule has 2 aromatic rings. The number of rotatable bonds is 10. The molecule has 0 aliphatic heterocycles. The fourth-order valence-electron chi connectivity index (χ4n) is 3.38. The van der Waals surface area contributed by atoms with Gasteiger partial charge in [0.2, 0.25) is 0 Å². The number of alkyl halides is 3. The number of carboxylic acid groups (broad SMARTS) is 1. The van der Waals surface area contributed by atoms with Crippen LogP contribution in [0.3, 0.4) is 0 Å². The van der Waals surface area contributed by atoms with Crippen LogP contribution in [-0.2, 0) is 15.6 Å². The quantitative estimate of drug-likeness (QED) is 0.257. The Balaban J connectivity index is 0.000000686. The number of carboxylic acids is 1. The van der Waals surface area contributed by atoms with E-state index < -0.39 is 12.6 Å². The van der Waals surface area contributed by atoms with Gasteiger partial charge < -0.3 is 9.90 Å². The smallest absolute Gasteiger partial charge is 0.379 e. The van der Waals surface area contributed by atoms with Crippen LogP contribution < -0.4 is 26.3 Å². The van der Waals surface area contributed by atoms with Gasteiger partial charge in [-0.25, -0.2) is 0 Å². The molecule has 0 unspecified atom stereocenters. The molecule has 0 saturated heterocycles. The molecule has 0 N–H and O–H groups in total. The molecule has 0 aliphatic carbocycles. The Morgan fingerprint density at radius 2 is 1.03 bits per heavy atom. The number of carbonyl (C=O) groups excluding carboxylic acids is 1. The Morgan fingerprint density at radius 3 is 1.32 bits per heavy atom. The van der Waals surface area contributed by atoms with E-state index in [0.717, 1.165) is 12.8 Å². The number of aliphatic carboxylic acids is 1. The van der Waals surface area contributed by atoms with E-state index in [-0.39, 0.29) is 38.5 Å². The van der Waals surface area contributed by atoms with E-state index in [1.165, 1.54) is 50.4 Å². The molecule has 0 fully saturated rings. The van der Waals surface area contributed by atoms with Crippen molar-refractivity contribution in [2.75, 3.05) is 0 Å². The van der Waals surface area contributed by atoms with E-state index >= 15 is 0 Å². The van der Waals surface area contributed by atoms with Crippen LogP contribution in [-0.4, -0.2) is 12.6 Å². The molecule has 210 valence electrons. The number of unbranched alkanes of at least 4 members (excludes halogenated alkanes) is 6. The summed E-state index contributed by atoms with van der Waals surface area (Å²) in [6.07, 6.45) is 8.34. The number of hydrogen-bond acceptors (Lipinski definition) is 2. The number of benzene rings is 2. The number of carbonyl (C=O) groups is 1. The molecule has 0 radical (unpaired) electrons. The highest BCUT2D eigenvalue weighted by Gasteiger charge is 2.20. The van der Waals surface area contributed by atoms with Gasteiger partial charge in [0.15, 0.2) is 7.14 Å². The predicted molar refractivity (Wildman–Crippen MR) is 142 cm³/mol. The molecule has 0 spiro atoms. The number of hydrogen-bond donors (Lipinski definition) is 0. The zero-order chi connectivity index (χ0) is 28.5. The van der Waals surface area contributed by atoms with E-state index in [4.69, 9.17) is 0 Å². The maximum absolute atomic E-state index is 10.0. The van der Waals surface area contributed by atoms with Crippen molar-refractivity contribution >= 4 is 5.97 Å². The molecule has 0 heterocycles. The van der Waals surface area contributed by atoms with Gasteiger partial charge in [0, 0.05) is 5.97 Å². The van der Waals surface area contributed by atoms with Gasteiger partial charge >= 0.3 is 27.9 Å². The number of halogens is 4. The van der Waals surface area contributed by atoms with Gasteiger partial charge in [-0.05, 0) is 59.1 Å². The molecule has 0 amide bonds. The first-order chi connectivity index (χ1) is 17.2. The van der Waals surface area contributed by atoms with Crippen LogP contribution in [0, 0.1) is 7.14 Å². The van der Waals surface area contributed by atoms with Crippen molar-refractivity contribution in [2.24, 2.45) is 0 Å². The molecular weight excluding hydrogens is 588 g/mol. The van der Waals surface area contributed by atoms with Crippen molar-refractivity contribution in [3.8, 4) is 0 Å². The van der Waals surface area contributed by atoms with Crippen LogP contribution in [0.25, 0.3) is 0 Å². The van der Waals surface area contributed by atoms with Gasteiger partial charge in [0.05, 0.1) is 0 Å². The van der Waals surface area contributed by atoms with Crippen LogP contribution in [0.15, 0.2) is 48.5 Å². The van der Waals surface area contributed by atoms with Crippen LogP contribution >= 0.6 is 0 Å². The fourth-order valence-corrected chi connectivity index (χ4v) is 5.54. The van der Waals surface area contributed by atoms with E-state index in [9.17, 15) is 23.1 Å². The SMILES string of the molecule is CC(C)(C)c1ccc([I+]c2ccc(C(C)(C)C)cc2)cc1.CCCCCCCCCC(=O)[O-].FC(F)F. The van der Waals surface area contributed by atoms with Gasteiger partial charge in [-0.3, -0.25) is 0 Å². The summed E-state index contributed by atoms with van der Waals surface area (Å²) >= 11 is -0.0703. The lowest BCUT2D eigenvalue weighted by Crippen LogP contribution is -3.61. The van der Waals surface area contributed by atoms with Crippen LogP contribution in [0.5, 0.6) is 0 Å². The molecule has 0 saturated carbocycles. The van der Waals surface area contributed by atoms with Gasteiger partial charge in [-0.1, -0.05) is 111 Å². The maximum atomic E-state index is 10.0. The minimum absolute atomic E-state index is 0.0703. The van der Waals surface area contributed by atoms with E-state index in [0.29, 0.717) is 0 Å². The maximum Gasteiger partial charge on any atom is 0.379 e. The second kappa shape index (κ2) is 18.6. The largest absolute Gasteiger partial charge is 0.550 e. The average Bonchev–Trinajstić information content (AvgIpc) is 2.78. The van der Waals surface area contributed by atoms with Gasteiger partial charge in [-0.2, -0.15) is 13.2 Å². The van der Waals surface area contributed by atoms with Crippen molar-refractivity contribution in [2.45, 2.75) is 117 Å². The highest BCUT2D eigenvalue weighted by molar-refractivity contribution is 5.64. The molecule has 2 nitrogen and oxygen atoms in total. The van der Waals surface area contributed by atoms with Crippen LogP contribution in [0.2, 0.25) is 0 Å². The molecule has 0 aromatic heterocycles. The average molecular weight is 635 g/mol. The molecule has 2 aromatic carbocycles. The van der Waals surface area contributed by atoms with Crippen molar-refractivity contribution < 1.29 is 44.3 Å². The van der Waals surface area contributed by atoms with E-state index in [1.54, 1.807) is 0 Å². The summed E-state index contributed by atoms with van der Waals surface area (Å²) in [5, 5.41) is 10.0. The summed E-state index contributed by atoms with van der Waals surface area (Å²) in [4.78, 5) is 10.0. The monoisotopic (exact) mass is 634 g/mol. The lowest BCUT2D eigenvalue weighted by atomic mass is 9.87. The third-order valence-electron chi connectivity index (χ3n) is 5.62. The highest BCUT2D eigenvalue weighted by Crippen LogP contribution is 2.22. The second-order valence-electron chi connectivity index (χ2n) is 11.1. The molecule has 6 heteroatoms. The Hall–Kier alpha value is -1.57. The molecule has 0 atom stereocenters. The summed E-state index contributed by atoms with van der Waals surface area (Å²) in [5.41, 5.74) is 3.31. The van der Waals surface area contributed by atoms with Crippen molar-refractivity contribution in [1.29, 1.82) is 0 Å². The van der Waals surface area contributed by atoms with E-state index in [1.807, 2.05) is 0 Å². The van der Waals surface area contributed by atoms with Gasteiger partial charge in [0.25, 0.3) is 0 Å². The normalized spacial score (nSPS) is 11.3. The Bertz CT molecular complexity index is 794. The summed E-state index contributed by atoms with van der Waals surface area (Å²) in [5.74, 6) is -0.913. The zero-order valence-electron chi connectivity index (χ0n) is 23.7. The third-order valence-corrected chi connectivity index (χ3v) is 8.31. The van der Waals surface area contributed by atoms with Crippen molar-refractivity contribution in [3.63, 3.8) is 0 Å². The Kier molecular flexibility index (Phi) is 17.9. The van der Waals surface area contributed by atoms with Crippen molar-refractivity contribution in [3.05, 3.63) is 66.8 Å². The summed E-state index contributed by atoms with van der Waals surface area (Å²) in [6.45, 7) is 12.1. The van der Waals surface area contributed by atoms with Crippen LogP contribution in [0.4, 0.5) is 13.2 Å². The van der Waals surface area contributed by atoms with E-state index in [2.05, 4.69) is 97.0 Å². The Labute approximate surface area is 233 Å². The second-order valence-corrected chi connectivity index (χ2v) is 14.1. The highest BCUT2D eigenvalue weighted by atomic mass is 127. The third kappa shape index (κ3) is 19.2. The summed E-state index contributed by atoms with van der Waals surface area (Å²) in [6, 6.07) is 18.4. The first kappa shape index (κ1) is 35.4. The standard InChI is InChI=1S/C20H26I.C10H20O2.CHF3/c1-19(2,3)15-7-11-17(12-8-15)21-18-13-9-16(10-14-18)20(4,5)6;1-2-3-4-5-6-7-8-9-10(11)12;2-1(3)4/h7-14H,1-6H3;2-9H2,1H3,(H,11,12);1H/q+1;;/p-1. The summed E-state index contributed by atoms with van der Waals surface area (Å²) in [7, 11) is 0. The predicted octanol–water partition coefficient (Wildman–Crippen LogP) is 5.47. The zero-order valence-corrected chi connectivity index (χ0v) is 25.8. The Morgan fingerprint density at radius 1 is 0.703 bits per heavy atom. The summed E-state index contributed by atoms with van der Waals surface area (Å²) < 4.78 is 32.0. The van der Waals surface area contributed by atoms with Gasteiger partial charge in [-0.15, -0.1) is 0 Å². The molecule has 2 rings (SSSR count). The van der Waals surface area contributed by atoms with Crippen molar-refractivity contribution in [1.82, 2.24) is 0 Å². The lowest BCUT2D eigenvalue weighted by molar-refractivity contribution is -0.597. The minimum atomic E-state index is -3.67. The first-order valence-electron chi connectivity index (χ1n) is 13.1. The molecular formula is C31H46F3IO2. The molecule has 0 bridgehead atoms. The lowest BCUT2D eigenvalue weighted by Gasteiger charge is -2.18. The van der Waals surface area contributed by atoms with Gasteiger partial charge in [0.1, 0.15) is 0 Å². The van der Waals surface area contributed by atoms with Crippen LogP contribution in [0.1, 0.15) is 111 Å². The first-order valence-corrected chi connectivity index (χ1v) is 15.3. The topological polar surface area (TPSA) is 40.1 Å². The fraction of sp³-hybridized carbons (Fsp3) is 0.581.